The number of para-hydroxylation sites is 1. The number of nitrogens with one attached hydrogen (secondary N) is 2. The van der Waals surface area contributed by atoms with E-state index in [1.807, 2.05) is 67.6 Å². The maximum atomic E-state index is 13.7. The molecule has 0 aliphatic heterocycles. The van der Waals surface area contributed by atoms with Crippen LogP contribution in [-0.2, 0) is 0 Å². The third kappa shape index (κ3) is 4.87. The molecular formula is C29H24ClFN2O3. The Bertz CT molecular complexity index is 1540. The van der Waals surface area contributed by atoms with Crippen molar-refractivity contribution in [3.05, 3.63) is 140 Å². The summed E-state index contributed by atoms with van der Waals surface area (Å²) in [5.74, 6) is -0.437. The summed E-state index contributed by atoms with van der Waals surface area (Å²) in [5.41, 5.74) is 3.95. The van der Waals surface area contributed by atoms with Gasteiger partial charge < -0.3 is 4.84 Å². The maximum Gasteiger partial charge on any atom is 0.271 e. The Morgan fingerprint density at radius 3 is 2.19 bits per heavy atom. The summed E-state index contributed by atoms with van der Waals surface area (Å²) in [7, 11) is 0. The second kappa shape index (κ2) is 10.7. The quantitative estimate of drug-likeness (QED) is 0.206. The molecule has 0 bridgehead atoms. The standard InChI is InChI=1S/C29H23FN2O3.ClH/c1-18(23-13-7-9-19-8-5-6-12-24(19)23)31-26(20-14-16-21(30)17-15-20)25-27(33)28(34)29(25)35-32-22-10-3-2-4-11-22;/h2-18,26,31-32H,1H3;1H/t18-,26?;/m1./s1. The summed E-state index contributed by atoms with van der Waals surface area (Å²) < 4.78 is 13.7. The number of hydrogen-bond acceptors (Lipinski definition) is 5. The smallest absolute Gasteiger partial charge is 0.271 e. The number of anilines is 1. The molecule has 0 aromatic heterocycles. The highest BCUT2D eigenvalue weighted by Gasteiger charge is 2.32. The first-order chi connectivity index (χ1) is 17.0. The minimum atomic E-state index is -0.699. The summed E-state index contributed by atoms with van der Waals surface area (Å²) >= 11 is 0. The van der Waals surface area contributed by atoms with Crippen molar-refractivity contribution in [1.29, 1.82) is 0 Å². The van der Waals surface area contributed by atoms with E-state index >= 15 is 0 Å². The normalized spacial score (nSPS) is 12.6. The van der Waals surface area contributed by atoms with Gasteiger partial charge in [-0.15, -0.1) is 12.4 Å². The van der Waals surface area contributed by atoms with Crippen LogP contribution in [0.2, 0.25) is 0 Å². The Hall–Kier alpha value is -4.00. The van der Waals surface area contributed by atoms with Crippen LogP contribution in [0.5, 0.6) is 5.75 Å². The molecule has 2 N–H and O–H groups in total. The van der Waals surface area contributed by atoms with Crippen molar-refractivity contribution in [2.24, 2.45) is 0 Å². The summed E-state index contributed by atoms with van der Waals surface area (Å²) in [6.07, 6.45) is 0. The van der Waals surface area contributed by atoms with E-state index in [4.69, 9.17) is 4.84 Å². The van der Waals surface area contributed by atoms with Gasteiger partial charge in [-0.1, -0.05) is 72.8 Å². The van der Waals surface area contributed by atoms with Crippen LogP contribution in [0.1, 0.15) is 35.7 Å². The molecule has 0 amide bonds. The Morgan fingerprint density at radius 1 is 0.778 bits per heavy atom. The topological polar surface area (TPSA) is 67.4 Å². The lowest BCUT2D eigenvalue weighted by atomic mass is 9.92. The first kappa shape index (κ1) is 25.1. The van der Waals surface area contributed by atoms with Gasteiger partial charge in [0.05, 0.1) is 17.3 Å². The molecule has 0 aliphatic rings. The van der Waals surface area contributed by atoms with Crippen LogP contribution in [0.3, 0.4) is 0 Å². The molecule has 1 unspecified atom stereocenters. The molecule has 5 aromatic rings. The van der Waals surface area contributed by atoms with Gasteiger partial charge in [-0.2, -0.15) is 0 Å². The molecular weight excluding hydrogens is 479 g/mol. The van der Waals surface area contributed by atoms with E-state index < -0.39 is 16.9 Å². The zero-order valence-corrected chi connectivity index (χ0v) is 20.2. The lowest BCUT2D eigenvalue weighted by Gasteiger charge is -2.27. The van der Waals surface area contributed by atoms with Gasteiger partial charge in [-0.05, 0) is 53.1 Å². The van der Waals surface area contributed by atoms with Crippen LogP contribution >= 0.6 is 12.4 Å². The highest BCUT2D eigenvalue weighted by Crippen LogP contribution is 2.32. The number of benzene rings is 4. The third-order valence-electron chi connectivity index (χ3n) is 6.14. The first-order valence-electron chi connectivity index (χ1n) is 11.3. The van der Waals surface area contributed by atoms with E-state index in [0.717, 1.165) is 16.3 Å². The average Bonchev–Trinajstić information content (AvgIpc) is 2.90. The van der Waals surface area contributed by atoms with E-state index in [1.165, 1.54) is 12.1 Å². The highest BCUT2D eigenvalue weighted by atomic mass is 35.5. The van der Waals surface area contributed by atoms with Crippen molar-refractivity contribution in [1.82, 2.24) is 5.32 Å². The number of fused-ring (bicyclic) bond motifs is 1. The number of hydrogen-bond donors (Lipinski definition) is 2. The minimum absolute atomic E-state index is 0. The monoisotopic (exact) mass is 502 g/mol. The Labute approximate surface area is 213 Å². The predicted octanol–water partition coefficient (Wildman–Crippen LogP) is 5.84. The Kier molecular flexibility index (Phi) is 7.48. The fourth-order valence-electron chi connectivity index (χ4n) is 4.34. The largest absolute Gasteiger partial charge is 0.377 e. The van der Waals surface area contributed by atoms with E-state index in [9.17, 15) is 14.0 Å². The Morgan fingerprint density at radius 2 is 1.44 bits per heavy atom. The zero-order valence-electron chi connectivity index (χ0n) is 19.4. The van der Waals surface area contributed by atoms with Gasteiger partial charge in [0, 0.05) is 6.04 Å². The van der Waals surface area contributed by atoms with Crippen LogP contribution in [-0.4, -0.2) is 0 Å². The van der Waals surface area contributed by atoms with Crippen molar-refractivity contribution in [2.45, 2.75) is 19.0 Å². The molecule has 0 aliphatic carbocycles. The van der Waals surface area contributed by atoms with Crippen molar-refractivity contribution in [3.63, 3.8) is 0 Å². The highest BCUT2D eigenvalue weighted by molar-refractivity contribution is 5.86. The van der Waals surface area contributed by atoms with Crippen LogP contribution in [0.15, 0.2) is 107 Å². The molecule has 36 heavy (non-hydrogen) atoms. The van der Waals surface area contributed by atoms with Crippen molar-refractivity contribution >= 4 is 28.9 Å². The number of halogens is 2. The van der Waals surface area contributed by atoms with Gasteiger partial charge >= 0.3 is 0 Å². The molecule has 0 heterocycles. The molecule has 5 nitrogen and oxygen atoms in total. The molecule has 0 spiro atoms. The Balaban J connectivity index is 0.00000304. The van der Waals surface area contributed by atoms with Gasteiger partial charge in [0.25, 0.3) is 5.43 Å². The van der Waals surface area contributed by atoms with E-state index in [0.29, 0.717) is 11.3 Å². The SMILES string of the molecule is C[C@@H](NC(c1ccc(F)cc1)c1c(ONc2ccccc2)c(=O)c1=O)c1cccc2ccccc12.Cl. The van der Waals surface area contributed by atoms with Gasteiger partial charge in [0.2, 0.25) is 11.2 Å². The van der Waals surface area contributed by atoms with Crippen LogP contribution in [0.25, 0.3) is 10.8 Å². The second-order valence-corrected chi connectivity index (χ2v) is 8.41. The molecule has 0 fully saturated rings. The maximum absolute atomic E-state index is 13.7. The lowest BCUT2D eigenvalue weighted by molar-refractivity contribution is 0.380. The zero-order chi connectivity index (χ0) is 24.4. The van der Waals surface area contributed by atoms with Crippen LogP contribution in [0.4, 0.5) is 10.1 Å². The molecule has 2 atom stereocenters. The van der Waals surface area contributed by atoms with Crippen molar-refractivity contribution < 1.29 is 9.23 Å². The molecule has 5 rings (SSSR count). The summed E-state index contributed by atoms with van der Waals surface area (Å²) in [6.45, 7) is 1.99. The van der Waals surface area contributed by atoms with Gasteiger partial charge in [0.1, 0.15) is 5.82 Å². The fourth-order valence-corrected chi connectivity index (χ4v) is 4.34. The van der Waals surface area contributed by atoms with Crippen LogP contribution in [0, 0.1) is 5.82 Å². The summed E-state index contributed by atoms with van der Waals surface area (Å²) in [5, 5.41) is 5.66. The fraction of sp³-hybridized carbons (Fsp3) is 0.103. The average molecular weight is 503 g/mol. The van der Waals surface area contributed by atoms with Crippen molar-refractivity contribution in [2.75, 3.05) is 5.48 Å². The third-order valence-corrected chi connectivity index (χ3v) is 6.14. The predicted molar refractivity (Wildman–Crippen MR) is 143 cm³/mol. The number of rotatable bonds is 8. The lowest BCUT2D eigenvalue weighted by Crippen LogP contribution is -2.43. The molecule has 5 aromatic carbocycles. The minimum Gasteiger partial charge on any atom is -0.377 e. The first-order valence-corrected chi connectivity index (χ1v) is 11.3. The summed E-state index contributed by atoms with van der Waals surface area (Å²) in [4.78, 5) is 30.8. The molecule has 0 radical (unpaired) electrons. The molecule has 7 heteroatoms. The molecule has 182 valence electrons. The van der Waals surface area contributed by atoms with E-state index in [2.05, 4.69) is 10.8 Å². The van der Waals surface area contributed by atoms with Crippen molar-refractivity contribution in [3.8, 4) is 5.75 Å². The summed E-state index contributed by atoms with van der Waals surface area (Å²) in [6, 6.07) is 28.2. The molecule has 0 saturated heterocycles. The van der Waals surface area contributed by atoms with E-state index in [-0.39, 0.29) is 35.6 Å². The van der Waals surface area contributed by atoms with Gasteiger partial charge in [-0.25, -0.2) is 9.87 Å². The second-order valence-electron chi connectivity index (χ2n) is 8.41. The van der Waals surface area contributed by atoms with Crippen LogP contribution < -0.4 is 26.5 Å². The molecule has 0 saturated carbocycles. The van der Waals surface area contributed by atoms with E-state index in [1.54, 1.807) is 24.3 Å². The van der Waals surface area contributed by atoms with Gasteiger partial charge in [0.15, 0.2) is 0 Å². The van der Waals surface area contributed by atoms with Gasteiger partial charge in [-0.3, -0.25) is 14.9 Å².